The number of nitrogens with one attached hydrogen (secondary N) is 1. The van der Waals surface area contributed by atoms with Gasteiger partial charge in [-0.1, -0.05) is 0 Å². The van der Waals surface area contributed by atoms with Crippen LogP contribution >= 0.6 is 0 Å². The molecule has 0 aliphatic carbocycles. The molecular formula is C14H19N5O3S. The van der Waals surface area contributed by atoms with Gasteiger partial charge in [-0.3, -0.25) is 4.79 Å². The number of hydrogen-bond donors (Lipinski definition) is 1. The molecule has 0 atom stereocenters. The molecule has 1 aliphatic heterocycles. The van der Waals surface area contributed by atoms with Crippen LogP contribution in [0.2, 0.25) is 0 Å². The summed E-state index contributed by atoms with van der Waals surface area (Å²) < 4.78 is 28.2. The highest BCUT2D eigenvalue weighted by molar-refractivity contribution is 7.87. The van der Waals surface area contributed by atoms with E-state index in [1.54, 1.807) is 10.7 Å². The molecule has 1 N–H and O–H groups in total. The lowest BCUT2D eigenvalue weighted by Crippen LogP contribution is -2.39. The van der Waals surface area contributed by atoms with Crippen molar-refractivity contribution < 1.29 is 13.2 Å². The van der Waals surface area contributed by atoms with Gasteiger partial charge < -0.3 is 4.90 Å². The number of amides is 1. The monoisotopic (exact) mass is 337 g/mol. The van der Waals surface area contributed by atoms with Crippen molar-refractivity contribution in [3.63, 3.8) is 0 Å². The zero-order valence-corrected chi connectivity index (χ0v) is 13.9. The maximum Gasteiger partial charge on any atom is 0.303 e. The summed E-state index contributed by atoms with van der Waals surface area (Å²) in [5.41, 5.74) is 1.83. The molecule has 3 rings (SSSR count). The van der Waals surface area contributed by atoms with Crippen molar-refractivity contribution in [1.82, 2.24) is 18.6 Å². The van der Waals surface area contributed by atoms with Crippen LogP contribution in [0.5, 0.6) is 0 Å². The molecule has 1 amide bonds. The van der Waals surface area contributed by atoms with Crippen LogP contribution in [0.3, 0.4) is 0 Å². The molecule has 0 spiro atoms. The first-order valence-corrected chi connectivity index (χ1v) is 8.79. The second kappa shape index (κ2) is 5.82. The van der Waals surface area contributed by atoms with Crippen molar-refractivity contribution in [2.45, 2.75) is 12.8 Å². The minimum atomic E-state index is -3.83. The molecule has 0 unspecified atom stereocenters. The second-order valence-corrected chi connectivity index (χ2v) is 7.57. The van der Waals surface area contributed by atoms with Crippen LogP contribution in [-0.4, -0.2) is 55.4 Å². The number of nitrogens with zero attached hydrogens (tertiary/aromatic N) is 4. The van der Waals surface area contributed by atoms with E-state index in [9.17, 15) is 13.2 Å². The average molecular weight is 337 g/mol. The molecule has 0 aromatic carbocycles. The number of carbonyl (C=O) groups is 1. The van der Waals surface area contributed by atoms with E-state index >= 15 is 0 Å². The van der Waals surface area contributed by atoms with Crippen molar-refractivity contribution >= 4 is 27.3 Å². The Morgan fingerprint density at radius 3 is 2.65 bits per heavy atom. The van der Waals surface area contributed by atoms with E-state index in [4.69, 9.17) is 0 Å². The minimum absolute atomic E-state index is 0.233. The van der Waals surface area contributed by atoms with Gasteiger partial charge in [0, 0.05) is 39.1 Å². The molecule has 3 heterocycles. The summed E-state index contributed by atoms with van der Waals surface area (Å²) in [6.45, 7) is 1.97. The average Bonchev–Trinajstić information content (AvgIpc) is 3.15. The fourth-order valence-corrected chi connectivity index (χ4v) is 3.11. The third-order valence-corrected chi connectivity index (χ3v) is 5.33. The number of rotatable bonds is 4. The summed E-state index contributed by atoms with van der Waals surface area (Å²) in [6, 6.07) is 3.82. The number of aromatic nitrogens is 2. The Kier molecular flexibility index (Phi) is 3.99. The molecular weight excluding hydrogens is 318 g/mol. The topological polar surface area (TPSA) is 87.0 Å². The first-order chi connectivity index (χ1) is 10.9. The van der Waals surface area contributed by atoms with E-state index < -0.39 is 16.1 Å². The largest absolute Gasteiger partial charge is 0.371 e. The number of pyridine rings is 1. The van der Waals surface area contributed by atoms with E-state index in [-0.39, 0.29) is 5.56 Å². The van der Waals surface area contributed by atoms with Crippen molar-refractivity contribution in [3.8, 4) is 0 Å². The lowest BCUT2D eigenvalue weighted by Gasteiger charge is -2.17. The smallest absolute Gasteiger partial charge is 0.303 e. The second-order valence-electron chi connectivity index (χ2n) is 5.69. The van der Waals surface area contributed by atoms with Crippen LogP contribution in [0.15, 0.2) is 24.5 Å². The van der Waals surface area contributed by atoms with Gasteiger partial charge in [0.2, 0.25) is 0 Å². The van der Waals surface area contributed by atoms with Gasteiger partial charge in [0.25, 0.3) is 5.91 Å². The minimum Gasteiger partial charge on any atom is -0.371 e. The molecule has 1 saturated heterocycles. The quantitative estimate of drug-likeness (QED) is 0.876. The molecule has 2 aromatic rings. The number of anilines is 1. The van der Waals surface area contributed by atoms with Crippen LogP contribution < -0.4 is 9.62 Å². The van der Waals surface area contributed by atoms with Gasteiger partial charge in [-0.2, -0.15) is 17.8 Å². The summed E-state index contributed by atoms with van der Waals surface area (Å²) in [5, 5.41) is 4.11. The summed E-state index contributed by atoms with van der Waals surface area (Å²) in [6.07, 6.45) is 5.46. The Morgan fingerprint density at radius 2 is 2.00 bits per heavy atom. The predicted molar refractivity (Wildman–Crippen MR) is 86.7 cm³/mol. The SMILES string of the molecule is CN(C)S(=O)(=O)NC(=O)c1cnn2ccc(N3CCCC3)cc12. The van der Waals surface area contributed by atoms with E-state index in [1.165, 1.54) is 20.3 Å². The van der Waals surface area contributed by atoms with Gasteiger partial charge in [-0.25, -0.2) is 9.24 Å². The normalized spacial score (nSPS) is 15.5. The number of fused-ring (bicyclic) bond motifs is 1. The fourth-order valence-electron chi connectivity index (χ4n) is 2.58. The summed E-state index contributed by atoms with van der Waals surface area (Å²) in [7, 11) is -1.11. The molecule has 23 heavy (non-hydrogen) atoms. The lowest BCUT2D eigenvalue weighted by molar-refractivity contribution is 0.0981. The third-order valence-electron chi connectivity index (χ3n) is 3.92. The van der Waals surface area contributed by atoms with Crippen LogP contribution in [0.1, 0.15) is 23.2 Å². The Balaban J connectivity index is 1.94. The Morgan fingerprint density at radius 1 is 1.30 bits per heavy atom. The van der Waals surface area contributed by atoms with Gasteiger partial charge >= 0.3 is 10.2 Å². The van der Waals surface area contributed by atoms with Gasteiger partial charge in [-0.15, -0.1) is 0 Å². The molecule has 0 saturated carbocycles. The van der Waals surface area contributed by atoms with Gasteiger partial charge in [-0.05, 0) is 25.0 Å². The molecule has 124 valence electrons. The zero-order chi connectivity index (χ0) is 16.6. The molecule has 8 nitrogen and oxygen atoms in total. The standard InChI is InChI=1S/C14H19N5O3S/c1-17(2)23(21,22)16-14(20)12-10-15-19-8-5-11(9-13(12)19)18-6-3-4-7-18/h5,8-10H,3-4,6-7H2,1-2H3,(H,16,20). The highest BCUT2D eigenvalue weighted by Gasteiger charge is 2.22. The van der Waals surface area contributed by atoms with E-state index in [1.807, 2.05) is 16.9 Å². The summed E-state index contributed by atoms with van der Waals surface area (Å²) in [5.74, 6) is -0.688. The lowest BCUT2D eigenvalue weighted by atomic mass is 10.2. The fraction of sp³-hybridized carbons (Fsp3) is 0.429. The molecule has 1 fully saturated rings. The Bertz CT molecular complexity index is 837. The Labute approximate surface area is 134 Å². The Hall–Kier alpha value is -2.13. The first-order valence-electron chi connectivity index (χ1n) is 7.35. The van der Waals surface area contributed by atoms with Crippen LogP contribution in [0.4, 0.5) is 5.69 Å². The van der Waals surface area contributed by atoms with Crippen LogP contribution in [-0.2, 0) is 10.2 Å². The zero-order valence-electron chi connectivity index (χ0n) is 13.1. The molecule has 2 aromatic heterocycles. The van der Waals surface area contributed by atoms with E-state index in [0.29, 0.717) is 5.52 Å². The van der Waals surface area contributed by atoms with Crippen molar-refractivity contribution in [1.29, 1.82) is 0 Å². The number of carbonyl (C=O) groups excluding carboxylic acids is 1. The molecule has 9 heteroatoms. The maximum absolute atomic E-state index is 12.3. The van der Waals surface area contributed by atoms with Crippen molar-refractivity contribution in [2.75, 3.05) is 32.1 Å². The van der Waals surface area contributed by atoms with Gasteiger partial charge in [0.1, 0.15) is 0 Å². The molecule has 0 radical (unpaired) electrons. The first kappa shape index (κ1) is 15.8. The summed E-state index contributed by atoms with van der Waals surface area (Å²) >= 11 is 0. The maximum atomic E-state index is 12.3. The van der Waals surface area contributed by atoms with Crippen LogP contribution in [0.25, 0.3) is 5.52 Å². The van der Waals surface area contributed by atoms with Crippen molar-refractivity contribution in [2.24, 2.45) is 0 Å². The van der Waals surface area contributed by atoms with Crippen molar-refractivity contribution in [3.05, 3.63) is 30.1 Å². The van der Waals surface area contributed by atoms with Gasteiger partial charge in [0.05, 0.1) is 17.3 Å². The number of hydrogen-bond acceptors (Lipinski definition) is 5. The highest BCUT2D eigenvalue weighted by atomic mass is 32.2. The van der Waals surface area contributed by atoms with E-state index in [2.05, 4.69) is 10.00 Å². The van der Waals surface area contributed by atoms with Crippen LogP contribution in [0, 0.1) is 0 Å². The van der Waals surface area contributed by atoms with Gasteiger partial charge in [0.15, 0.2) is 0 Å². The molecule has 0 bridgehead atoms. The van der Waals surface area contributed by atoms with E-state index in [0.717, 1.165) is 35.9 Å². The molecule has 1 aliphatic rings. The predicted octanol–water partition coefficient (Wildman–Crippen LogP) is 0.471. The third kappa shape index (κ3) is 3.02. The highest BCUT2D eigenvalue weighted by Crippen LogP contribution is 2.23. The summed E-state index contributed by atoms with van der Waals surface area (Å²) in [4.78, 5) is 14.5.